The molecule has 2 aromatic carbocycles. The third-order valence-corrected chi connectivity index (χ3v) is 5.83. The second kappa shape index (κ2) is 9.68. The molecule has 2 aromatic heterocycles. The van der Waals surface area contributed by atoms with E-state index in [-0.39, 0.29) is 35.2 Å². The second-order valence-corrected chi connectivity index (χ2v) is 7.80. The van der Waals surface area contributed by atoms with Crippen molar-refractivity contribution in [1.82, 2.24) is 9.72 Å². The number of nitrogens with one attached hydrogen (secondary N) is 1. The number of carbonyl (C=O) groups is 2. The Morgan fingerprint density at radius 3 is 2.51 bits per heavy atom. The van der Waals surface area contributed by atoms with Gasteiger partial charge in [0, 0.05) is 35.5 Å². The molecule has 4 aromatic rings. The minimum Gasteiger partial charge on any atom is -0.497 e. The summed E-state index contributed by atoms with van der Waals surface area (Å²) in [6.45, 7) is 2.02. The van der Waals surface area contributed by atoms with Crippen LogP contribution in [0.1, 0.15) is 37.5 Å². The normalized spacial score (nSPS) is 10.7. The van der Waals surface area contributed by atoms with Crippen LogP contribution in [0.5, 0.6) is 11.5 Å². The maximum Gasteiger partial charge on any atom is 0.310 e. The molecule has 0 bridgehead atoms. The minimum absolute atomic E-state index is 0.00476. The number of hydrogen-bond acceptors (Lipinski definition) is 6. The van der Waals surface area contributed by atoms with Crippen molar-refractivity contribution in [1.29, 1.82) is 0 Å². The van der Waals surface area contributed by atoms with Crippen LogP contribution in [-0.4, -0.2) is 35.2 Å². The van der Waals surface area contributed by atoms with Gasteiger partial charge in [-0.05, 0) is 55.0 Å². The molecule has 0 aliphatic carbocycles. The molecule has 0 aliphatic rings. The Balaban J connectivity index is 1.69. The van der Waals surface area contributed by atoms with Crippen molar-refractivity contribution >= 4 is 22.9 Å². The minimum atomic E-state index is -0.561. The number of pyridine rings is 1. The summed E-state index contributed by atoms with van der Waals surface area (Å²) >= 11 is 0. The summed E-state index contributed by atoms with van der Waals surface area (Å²) in [7, 11) is 2.85. The number of carbonyl (C=O) groups excluding carboxylic acids is 2. The van der Waals surface area contributed by atoms with E-state index < -0.39 is 4.92 Å². The zero-order valence-electron chi connectivity index (χ0n) is 19.4. The average molecular weight is 473 g/mol. The van der Waals surface area contributed by atoms with Crippen molar-refractivity contribution in [2.24, 2.45) is 0 Å². The molecule has 0 unspecified atom stereocenters. The van der Waals surface area contributed by atoms with Crippen LogP contribution in [0.2, 0.25) is 0 Å². The molecule has 9 nitrogen and oxygen atoms in total. The predicted octanol–water partition coefficient (Wildman–Crippen LogP) is 4.33. The fraction of sp³-hybridized carbons (Fsp3) is 0.154. The van der Waals surface area contributed by atoms with E-state index in [4.69, 9.17) is 9.47 Å². The molecule has 178 valence electrons. The first kappa shape index (κ1) is 23.5. The Labute approximate surface area is 201 Å². The van der Waals surface area contributed by atoms with Gasteiger partial charge in [0.2, 0.25) is 5.78 Å². The van der Waals surface area contributed by atoms with Crippen LogP contribution in [0.15, 0.2) is 66.9 Å². The first-order valence-electron chi connectivity index (χ1n) is 10.7. The molecule has 9 heteroatoms. The highest BCUT2D eigenvalue weighted by Crippen LogP contribution is 2.31. The molecule has 0 atom stereocenters. The van der Waals surface area contributed by atoms with Gasteiger partial charge in [-0.15, -0.1) is 0 Å². The number of amides is 1. The van der Waals surface area contributed by atoms with Crippen LogP contribution in [0.25, 0.3) is 5.52 Å². The molecule has 0 saturated heterocycles. The van der Waals surface area contributed by atoms with Crippen LogP contribution in [-0.2, 0) is 6.54 Å². The molecular formula is C26H23N3O6. The van der Waals surface area contributed by atoms with E-state index in [1.807, 2.05) is 19.1 Å². The number of ketones is 1. The Hall–Kier alpha value is -4.66. The number of hydrogen-bond donors (Lipinski definition) is 1. The summed E-state index contributed by atoms with van der Waals surface area (Å²) in [4.78, 5) is 36.9. The number of ether oxygens (including phenoxy) is 2. The lowest BCUT2D eigenvalue weighted by Gasteiger charge is -2.08. The summed E-state index contributed by atoms with van der Waals surface area (Å²) in [5, 5.41) is 14.1. The van der Waals surface area contributed by atoms with Crippen LogP contribution in [0, 0.1) is 17.0 Å². The molecule has 4 rings (SSSR count). The number of rotatable bonds is 8. The van der Waals surface area contributed by atoms with Gasteiger partial charge in [0.1, 0.15) is 5.75 Å². The Morgan fingerprint density at radius 2 is 1.80 bits per heavy atom. The maximum atomic E-state index is 13.5. The van der Waals surface area contributed by atoms with Crippen LogP contribution >= 0.6 is 0 Å². The summed E-state index contributed by atoms with van der Waals surface area (Å²) in [6, 6.07) is 16.4. The molecule has 0 fully saturated rings. The van der Waals surface area contributed by atoms with E-state index in [0.717, 1.165) is 11.1 Å². The van der Waals surface area contributed by atoms with Crippen molar-refractivity contribution in [3.8, 4) is 11.5 Å². The molecule has 0 radical (unpaired) electrons. The Bertz CT molecular complexity index is 1460. The first-order valence-corrected chi connectivity index (χ1v) is 10.7. The van der Waals surface area contributed by atoms with E-state index in [0.29, 0.717) is 22.6 Å². The zero-order valence-corrected chi connectivity index (χ0v) is 19.4. The summed E-state index contributed by atoms with van der Waals surface area (Å²) in [5.41, 5.74) is 3.16. The molecule has 0 aliphatic heterocycles. The summed E-state index contributed by atoms with van der Waals surface area (Å²) in [6.07, 6.45) is 1.77. The Morgan fingerprint density at radius 1 is 1.00 bits per heavy atom. The number of nitrogens with zero attached hydrogens (tertiary/aromatic N) is 2. The second-order valence-electron chi connectivity index (χ2n) is 7.80. The lowest BCUT2D eigenvalue weighted by molar-refractivity contribution is -0.385. The standard InChI is InChI=1S/C26H23N3O6/c1-16-20(15-27-26(31)18-7-6-8-19(13-18)34-2)21-9-4-5-12-28(21)24(16)25(30)17-10-11-22(29(32)33)23(14-17)35-3/h4-14H,15H2,1-3H3,(H,27,31). The van der Waals surface area contributed by atoms with Gasteiger partial charge in [0.05, 0.1) is 30.4 Å². The maximum absolute atomic E-state index is 13.5. The van der Waals surface area contributed by atoms with Gasteiger partial charge in [0.25, 0.3) is 5.91 Å². The first-order chi connectivity index (χ1) is 16.8. The lowest BCUT2D eigenvalue weighted by Crippen LogP contribution is -2.23. The zero-order chi connectivity index (χ0) is 25.1. The fourth-order valence-electron chi connectivity index (χ4n) is 4.04. The molecule has 1 N–H and O–H groups in total. The molecule has 1 amide bonds. The van der Waals surface area contributed by atoms with Crippen LogP contribution < -0.4 is 14.8 Å². The van der Waals surface area contributed by atoms with Gasteiger partial charge >= 0.3 is 5.69 Å². The van der Waals surface area contributed by atoms with Crippen molar-refractivity contribution in [2.75, 3.05) is 14.2 Å². The molecule has 35 heavy (non-hydrogen) atoms. The SMILES string of the molecule is COc1cccc(C(=O)NCc2c(C)c(C(=O)c3ccc([N+](=O)[O-])c(OC)c3)n3ccccc23)c1. The monoisotopic (exact) mass is 473 g/mol. The highest BCUT2D eigenvalue weighted by Gasteiger charge is 2.24. The van der Waals surface area contributed by atoms with Crippen molar-refractivity contribution in [3.63, 3.8) is 0 Å². The van der Waals surface area contributed by atoms with Gasteiger partial charge in [-0.2, -0.15) is 0 Å². The number of nitro benzene ring substituents is 1. The molecule has 2 heterocycles. The quantitative estimate of drug-likeness (QED) is 0.232. The van der Waals surface area contributed by atoms with Crippen molar-refractivity contribution in [2.45, 2.75) is 13.5 Å². The van der Waals surface area contributed by atoms with Crippen LogP contribution in [0.3, 0.4) is 0 Å². The van der Waals surface area contributed by atoms with E-state index >= 15 is 0 Å². The van der Waals surface area contributed by atoms with Gasteiger partial charge in [-0.3, -0.25) is 19.7 Å². The lowest BCUT2D eigenvalue weighted by atomic mass is 10.0. The number of nitro groups is 1. The highest BCUT2D eigenvalue weighted by molar-refractivity contribution is 6.10. The summed E-state index contributed by atoms with van der Waals surface area (Å²) < 4.78 is 12.1. The molecule has 0 saturated carbocycles. The van der Waals surface area contributed by atoms with E-state index in [1.54, 1.807) is 40.9 Å². The van der Waals surface area contributed by atoms with E-state index in [2.05, 4.69) is 5.32 Å². The third kappa shape index (κ3) is 4.43. The number of benzene rings is 2. The Kier molecular flexibility index (Phi) is 6.50. The number of aromatic nitrogens is 1. The fourth-order valence-corrected chi connectivity index (χ4v) is 4.04. The van der Waals surface area contributed by atoms with Gasteiger partial charge in [-0.1, -0.05) is 12.1 Å². The topological polar surface area (TPSA) is 112 Å². The van der Waals surface area contributed by atoms with E-state index in [1.165, 1.54) is 32.4 Å². The van der Waals surface area contributed by atoms with Crippen molar-refractivity contribution < 1.29 is 24.0 Å². The van der Waals surface area contributed by atoms with Crippen molar-refractivity contribution in [3.05, 3.63) is 105 Å². The third-order valence-electron chi connectivity index (χ3n) is 5.83. The number of methoxy groups -OCH3 is 2. The average Bonchev–Trinajstić information content (AvgIpc) is 3.17. The highest BCUT2D eigenvalue weighted by atomic mass is 16.6. The van der Waals surface area contributed by atoms with Gasteiger partial charge in [-0.25, -0.2) is 0 Å². The van der Waals surface area contributed by atoms with Gasteiger partial charge < -0.3 is 19.2 Å². The molecular weight excluding hydrogens is 450 g/mol. The smallest absolute Gasteiger partial charge is 0.310 e. The molecule has 0 spiro atoms. The number of fused-ring (bicyclic) bond motifs is 1. The van der Waals surface area contributed by atoms with E-state index in [9.17, 15) is 19.7 Å². The van der Waals surface area contributed by atoms with Crippen LogP contribution in [0.4, 0.5) is 5.69 Å². The van der Waals surface area contributed by atoms with Gasteiger partial charge in [0.15, 0.2) is 5.75 Å². The predicted molar refractivity (Wildman–Crippen MR) is 129 cm³/mol. The summed E-state index contributed by atoms with van der Waals surface area (Å²) in [5.74, 6) is -0.00599. The largest absolute Gasteiger partial charge is 0.497 e.